The lowest BCUT2D eigenvalue weighted by atomic mass is 10.0. The average molecular weight is 378 g/mol. The molecule has 1 heterocycles. The van der Waals surface area contributed by atoms with Crippen molar-refractivity contribution in [3.8, 4) is 11.5 Å². The van der Waals surface area contributed by atoms with Gasteiger partial charge in [-0.05, 0) is 44.9 Å². The number of benzene rings is 1. The lowest BCUT2D eigenvalue weighted by Gasteiger charge is -2.28. The number of carbonyl (C=O) groups is 2. The summed E-state index contributed by atoms with van der Waals surface area (Å²) in [5.74, 6) is 1.57. The quantitative estimate of drug-likeness (QED) is 0.653. The molecule has 2 N–H and O–H groups in total. The predicted octanol–water partition coefficient (Wildman–Crippen LogP) is 0.408. The highest BCUT2D eigenvalue weighted by Gasteiger charge is 2.33. The first-order valence-corrected chi connectivity index (χ1v) is 9.65. The van der Waals surface area contributed by atoms with E-state index in [2.05, 4.69) is 5.32 Å². The van der Waals surface area contributed by atoms with E-state index in [-0.39, 0.29) is 17.9 Å². The second kappa shape index (κ2) is 10.2. The minimum Gasteiger partial charge on any atom is -0.497 e. The molecule has 2 amide bonds. The van der Waals surface area contributed by atoms with Gasteiger partial charge >= 0.3 is 0 Å². The number of methoxy groups -OCH3 is 2. The van der Waals surface area contributed by atoms with E-state index >= 15 is 0 Å². The van der Waals surface area contributed by atoms with E-state index in [1.165, 1.54) is 0 Å². The molecular weight excluding hydrogens is 346 g/mol. The van der Waals surface area contributed by atoms with E-state index in [0.717, 1.165) is 47.9 Å². The largest absolute Gasteiger partial charge is 0.497 e. The fourth-order valence-corrected chi connectivity index (χ4v) is 3.60. The van der Waals surface area contributed by atoms with Gasteiger partial charge in [-0.3, -0.25) is 9.59 Å². The Morgan fingerprint density at radius 2 is 2.00 bits per heavy atom. The summed E-state index contributed by atoms with van der Waals surface area (Å²) >= 11 is 0. The number of hydrogen-bond donors (Lipinski definition) is 2. The van der Waals surface area contributed by atoms with Gasteiger partial charge in [0.1, 0.15) is 11.5 Å². The molecule has 0 bridgehead atoms. The first kappa shape index (κ1) is 21.0. The number of hydrogen-bond acceptors (Lipinski definition) is 4. The van der Waals surface area contributed by atoms with E-state index in [0.29, 0.717) is 19.6 Å². The second-order valence-electron chi connectivity index (χ2n) is 6.76. The summed E-state index contributed by atoms with van der Waals surface area (Å²) in [5, 5.41) is 2.80. The van der Waals surface area contributed by atoms with Gasteiger partial charge < -0.3 is 24.6 Å². The minimum atomic E-state index is -0.0230. The molecule has 0 aliphatic carbocycles. The maximum atomic E-state index is 13.0. The van der Waals surface area contributed by atoms with Crippen molar-refractivity contribution in [3.05, 3.63) is 23.8 Å². The van der Waals surface area contributed by atoms with Crippen molar-refractivity contribution in [1.29, 1.82) is 0 Å². The Labute approximate surface area is 161 Å². The number of rotatable bonds is 9. The van der Waals surface area contributed by atoms with Crippen LogP contribution >= 0.6 is 0 Å². The molecule has 0 radical (unpaired) electrons. The van der Waals surface area contributed by atoms with Crippen LogP contribution in [0.2, 0.25) is 0 Å². The van der Waals surface area contributed by atoms with Gasteiger partial charge in [0.2, 0.25) is 0 Å². The molecule has 7 heteroatoms. The van der Waals surface area contributed by atoms with Crippen LogP contribution in [0.4, 0.5) is 0 Å². The van der Waals surface area contributed by atoms with Crippen molar-refractivity contribution in [1.82, 2.24) is 10.2 Å². The van der Waals surface area contributed by atoms with Crippen LogP contribution in [0.3, 0.4) is 0 Å². The molecule has 1 aliphatic rings. The summed E-state index contributed by atoms with van der Waals surface area (Å²) in [6.45, 7) is 6.58. The molecule has 27 heavy (non-hydrogen) atoms. The number of likely N-dealkylation sites (tertiary alicyclic amines) is 1. The highest BCUT2D eigenvalue weighted by molar-refractivity contribution is 5.79. The zero-order valence-electron chi connectivity index (χ0n) is 16.8. The van der Waals surface area contributed by atoms with E-state index in [1.807, 2.05) is 36.9 Å². The Morgan fingerprint density at radius 1 is 1.22 bits per heavy atom. The monoisotopic (exact) mass is 378 g/mol. The third-order valence-electron chi connectivity index (χ3n) is 5.05. The molecule has 2 rings (SSSR count). The summed E-state index contributed by atoms with van der Waals surface area (Å²) in [5.41, 5.74) is 0.976. The number of ether oxygens (including phenoxy) is 2. The predicted molar refractivity (Wildman–Crippen MR) is 103 cm³/mol. The van der Waals surface area contributed by atoms with Crippen LogP contribution in [0.5, 0.6) is 11.5 Å². The van der Waals surface area contributed by atoms with Crippen LogP contribution in [0.25, 0.3) is 0 Å². The highest BCUT2D eigenvalue weighted by atomic mass is 16.5. The van der Waals surface area contributed by atoms with Gasteiger partial charge in [0.05, 0.1) is 26.8 Å². The summed E-state index contributed by atoms with van der Waals surface area (Å²) in [6.07, 6.45) is 1.85. The number of nitrogens with zero attached hydrogens (tertiary/aromatic N) is 1. The SMILES string of the molecule is CCNC(=O)C[NH+](CC)CC(=O)N1CCC[C@H]1c1cc(OC)ccc1OC. The lowest BCUT2D eigenvalue weighted by molar-refractivity contribution is -0.882. The van der Waals surface area contributed by atoms with Crippen molar-refractivity contribution in [2.75, 3.05) is 46.9 Å². The van der Waals surface area contributed by atoms with E-state index in [9.17, 15) is 9.59 Å². The Kier molecular flexibility index (Phi) is 7.91. The highest BCUT2D eigenvalue weighted by Crippen LogP contribution is 2.38. The fraction of sp³-hybridized carbons (Fsp3) is 0.600. The van der Waals surface area contributed by atoms with Gasteiger partial charge in [0.15, 0.2) is 13.1 Å². The van der Waals surface area contributed by atoms with Crippen molar-refractivity contribution in [2.24, 2.45) is 0 Å². The third kappa shape index (κ3) is 5.35. The first-order chi connectivity index (χ1) is 13.0. The molecule has 0 aromatic heterocycles. The summed E-state index contributed by atoms with van der Waals surface area (Å²) < 4.78 is 10.9. The Balaban J connectivity index is 2.13. The van der Waals surface area contributed by atoms with Gasteiger partial charge in [-0.1, -0.05) is 0 Å². The molecule has 1 aromatic carbocycles. The van der Waals surface area contributed by atoms with Crippen LogP contribution in [0, 0.1) is 0 Å². The molecular formula is C20H32N3O4+. The Morgan fingerprint density at radius 3 is 2.63 bits per heavy atom. The minimum absolute atomic E-state index is 0.0189. The van der Waals surface area contributed by atoms with Gasteiger partial charge in [0, 0.05) is 18.7 Å². The third-order valence-corrected chi connectivity index (χ3v) is 5.05. The zero-order chi connectivity index (χ0) is 19.8. The number of amides is 2. The van der Waals surface area contributed by atoms with Crippen LogP contribution in [-0.2, 0) is 9.59 Å². The molecule has 1 unspecified atom stereocenters. The summed E-state index contributed by atoms with van der Waals surface area (Å²) in [7, 11) is 3.27. The van der Waals surface area contributed by atoms with Crippen LogP contribution in [-0.4, -0.2) is 63.7 Å². The Hall–Kier alpha value is -2.28. The second-order valence-corrected chi connectivity index (χ2v) is 6.76. The van der Waals surface area contributed by atoms with Crippen LogP contribution in [0.1, 0.15) is 38.3 Å². The fourth-order valence-electron chi connectivity index (χ4n) is 3.60. The smallest absolute Gasteiger partial charge is 0.278 e. The normalized spacial score (nSPS) is 17.5. The summed E-state index contributed by atoms with van der Waals surface area (Å²) in [4.78, 5) is 27.7. The zero-order valence-corrected chi connectivity index (χ0v) is 16.8. The molecule has 1 aliphatic heterocycles. The first-order valence-electron chi connectivity index (χ1n) is 9.65. The van der Waals surface area contributed by atoms with E-state index < -0.39 is 0 Å². The average Bonchev–Trinajstić information content (AvgIpc) is 3.16. The van der Waals surface area contributed by atoms with Gasteiger partial charge in [-0.15, -0.1) is 0 Å². The van der Waals surface area contributed by atoms with Crippen molar-refractivity contribution < 1.29 is 24.0 Å². The maximum Gasteiger partial charge on any atom is 0.278 e. The molecule has 0 saturated carbocycles. The Bertz CT molecular complexity index is 650. The van der Waals surface area contributed by atoms with Crippen molar-refractivity contribution in [2.45, 2.75) is 32.7 Å². The van der Waals surface area contributed by atoms with Gasteiger partial charge in [-0.25, -0.2) is 0 Å². The number of quaternary nitrogens is 1. The maximum absolute atomic E-state index is 13.0. The lowest BCUT2D eigenvalue weighted by Crippen LogP contribution is -3.14. The molecule has 1 fully saturated rings. The van der Waals surface area contributed by atoms with Crippen LogP contribution < -0.4 is 19.7 Å². The number of likely N-dealkylation sites (N-methyl/N-ethyl adjacent to an activating group) is 2. The van der Waals surface area contributed by atoms with E-state index in [4.69, 9.17) is 9.47 Å². The number of nitrogens with one attached hydrogen (secondary N) is 2. The van der Waals surface area contributed by atoms with Gasteiger partial charge in [-0.2, -0.15) is 0 Å². The molecule has 1 aromatic rings. The standard InChI is InChI=1S/C20H31N3O4/c1-5-21-19(24)13-22(6-2)14-20(25)23-11-7-8-17(23)16-12-15(26-3)9-10-18(16)27-4/h9-10,12,17H,5-8,11,13-14H2,1-4H3,(H,21,24)/p+1/t17-/m0/s1. The molecule has 0 spiro atoms. The topological polar surface area (TPSA) is 72.3 Å². The van der Waals surface area contributed by atoms with Crippen molar-refractivity contribution in [3.63, 3.8) is 0 Å². The van der Waals surface area contributed by atoms with Gasteiger partial charge in [0.25, 0.3) is 11.8 Å². The van der Waals surface area contributed by atoms with Crippen LogP contribution in [0.15, 0.2) is 18.2 Å². The summed E-state index contributed by atoms with van der Waals surface area (Å²) in [6, 6.07) is 5.67. The number of carbonyl (C=O) groups excluding carboxylic acids is 2. The molecule has 2 atom stereocenters. The molecule has 150 valence electrons. The van der Waals surface area contributed by atoms with E-state index in [1.54, 1.807) is 14.2 Å². The molecule has 7 nitrogen and oxygen atoms in total. The van der Waals surface area contributed by atoms with Crippen molar-refractivity contribution >= 4 is 11.8 Å². The molecule has 1 saturated heterocycles.